The summed E-state index contributed by atoms with van der Waals surface area (Å²) < 4.78 is 11.5. The maximum Gasteiger partial charge on any atom is 0.193 e. The number of likely N-dealkylation sites (tertiary alicyclic amines) is 1. The molecule has 2 unspecified atom stereocenters. The Balaban J connectivity index is 1.82. The highest BCUT2D eigenvalue weighted by Crippen LogP contribution is 2.40. The van der Waals surface area contributed by atoms with Crippen molar-refractivity contribution in [3.05, 3.63) is 29.3 Å². The van der Waals surface area contributed by atoms with Gasteiger partial charge < -0.3 is 19.7 Å². The molecule has 0 amide bonds. The van der Waals surface area contributed by atoms with Crippen LogP contribution in [0, 0.1) is 18.8 Å². The lowest BCUT2D eigenvalue weighted by atomic mass is 9.73. The summed E-state index contributed by atoms with van der Waals surface area (Å²) in [5.74, 6) is 3.41. The molecule has 2 saturated heterocycles. The first kappa shape index (κ1) is 21.0. The Morgan fingerprint density at radius 2 is 1.93 bits per heavy atom. The van der Waals surface area contributed by atoms with Gasteiger partial charge in [0.1, 0.15) is 5.75 Å². The molecule has 28 heavy (non-hydrogen) atoms. The van der Waals surface area contributed by atoms with Crippen molar-refractivity contribution < 1.29 is 9.47 Å². The fourth-order valence-corrected chi connectivity index (χ4v) is 4.96. The van der Waals surface area contributed by atoms with Gasteiger partial charge in [0, 0.05) is 50.9 Å². The monoisotopic (exact) mass is 387 g/mol. The zero-order valence-corrected chi connectivity index (χ0v) is 18.3. The summed E-state index contributed by atoms with van der Waals surface area (Å²) in [6, 6.07) is 6.52. The van der Waals surface area contributed by atoms with E-state index >= 15 is 0 Å². The van der Waals surface area contributed by atoms with E-state index < -0.39 is 0 Å². The van der Waals surface area contributed by atoms with Gasteiger partial charge in [-0.3, -0.25) is 4.99 Å². The predicted molar refractivity (Wildman–Crippen MR) is 115 cm³/mol. The summed E-state index contributed by atoms with van der Waals surface area (Å²) in [7, 11) is 3.67. The molecule has 2 atom stereocenters. The van der Waals surface area contributed by atoms with Gasteiger partial charge >= 0.3 is 0 Å². The third-order valence-electron chi connectivity index (χ3n) is 6.34. The predicted octanol–water partition coefficient (Wildman–Crippen LogP) is 3.61. The highest BCUT2D eigenvalue weighted by molar-refractivity contribution is 5.80. The molecule has 0 aromatic heterocycles. The lowest BCUT2D eigenvalue weighted by molar-refractivity contribution is 0.0501. The summed E-state index contributed by atoms with van der Waals surface area (Å²) in [4.78, 5) is 7.05. The molecule has 156 valence electrons. The number of guanidine groups is 1. The number of aryl methyl sites for hydroxylation is 1. The van der Waals surface area contributed by atoms with Gasteiger partial charge in [0.2, 0.25) is 0 Å². The Morgan fingerprint density at radius 1 is 1.25 bits per heavy atom. The number of hydrogen-bond donors (Lipinski definition) is 1. The fraction of sp³-hybridized carbons (Fsp3) is 0.696. The molecule has 5 nitrogen and oxygen atoms in total. The fourth-order valence-electron chi connectivity index (χ4n) is 4.96. The van der Waals surface area contributed by atoms with Crippen molar-refractivity contribution in [2.24, 2.45) is 16.8 Å². The number of nitrogens with zero attached hydrogens (tertiary/aromatic N) is 2. The second-order valence-corrected chi connectivity index (χ2v) is 8.85. The van der Waals surface area contributed by atoms with Crippen LogP contribution in [0.3, 0.4) is 0 Å². The average Bonchev–Trinajstić information content (AvgIpc) is 2.68. The quantitative estimate of drug-likeness (QED) is 0.633. The Labute approximate surface area is 170 Å². The van der Waals surface area contributed by atoms with Crippen molar-refractivity contribution in [1.29, 1.82) is 0 Å². The van der Waals surface area contributed by atoms with Gasteiger partial charge in [-0.1, -0.05) is 31.5 Å². The van der Waals surface area contributed by atoms with Crippen molar-refractivity contribution in [2.75, 3.05) is 47.0 Å². The largest absolute Gasteiger partial charge is 0.496 e. The highest BCUT2D eigenvalue weighted by atomic mass is 16.5. The van der Waals surface area contributed by atoms with Crippen molar-refractivity contribution in [1.82, 2.24) is 10.2 Å². The van der Waals surface area contributed by atoms with Crippen LogP contribution in [0.15, 0.2) is 23.2 Å². The average molecular weight is 388 g/mol. The topological polar surface area (TPSA) is 46.1 Å². The van der Waals surface area contributed by atoms with E-state index in [4.69, 9.17) is 9.47 Å². The lowest BCUT2D eigenvalue weighted by Crippen LogP contribution is -2.52. The van der Waals surface area contributed by atoms with Crippen LogP contribution in [-0.2, 0) is 10.2 Å². The van der Waals surface area contributed by atoms with Crippen LogP contribution < -0.4 is 10.1 Å². The van der Waals surface area contributed by atoms with E-state index in [0.29, 0.717) is 11.8 Å². The smallest absolute Gasteiger partial charge is 0.193 e. The number of hydrogen-bond acceptors (Lipinski definition) is 3. The molecule has 2 aliphatic rings. The van der Waals surface area contributed by atoms with Gasteiger partial charge in [0.15, 0.2) is 5.96 Å². The second-order valence-electron chi connectivity index (χ2n) is 8.85. The first-order valence-corrected chi connectivity index (χ1v) is 10.7. The number of benzene rings is 1. The second kappa shape index (κ2) is 9.17. The minimum Gasteiger partial charge on any atom is -0.496 e. The van der Waals surface area contributed by atoms with E-state index in [1.54, 1.807) is 7.11 Å². The highest BCUT2D eigenvalue weighted by Gasteiger charge is 2.37. The third kappa shape index (κ3) is 4.62. The molecule has 2 aliphatic heterocycles. The number of aliphatic imine (C=N–C) groups is 1. The molecule has 1 aromatic carbocycles. The Morgan fingerprint density at radius 3 is 2.54 bits per heavy atom. The zero-order chi connectivity index (χ0) is 20.1. The molecule has 0 saturated carbocycles. The summed E-state index contributed by atoms with van der Waals surface area (Å²) in [6.45, 7) is 11.4. The molecule has 0 spiro atoms. The number of nitrogens with one attached hydrogen (secondary N) is 1. The number of ether oxygens (including phenoxy) is 2. The Kier molecular flexibility index (Phi) is 6.86. The maximum absolute atomic E-state index is 5.75. The van der Waals surface area contributed by atoms with Gasteiger partial charge in [-0.15, -0.1) is 0 Å². The van der Waals surface area contributed by atoms with Crippen molar-refractivity contribution in [2.45, 2.75) is 45.4 Å². The van der Waals surface area contributed by atoms with Gasteiger partial charge in [-0.05, 0) is 44.1 Å². The molecule has 3 rings (SSSR count). The molecular weight excluding hydrogens is 350 g/mol. The van der Waals surface area contributed by atoms with E-state index in [2.05, 4.69) is 54.2 Å². The summed E-state index contributed by atoms with van der Waals surface area (Å²) >= 11 is 0. The van der Waals surface area contributed by atoms with E-state index in [1.165, 1.54) is 17.5 Å². The van der Waals surface area contributed by atoms with Crippen LogP contribution in [-0.4, -0.2) is 57.9 Å². The normalized spacial score (nSPS) is 25.5. The summed E-state index contributed by atoms with van der Waals surface area (Å²) in [6.07, 6.45) is 3.28. The van der Waals surface area contributed by atoms with Gasteiger partial charge in [0.05, 0.1) is 7.11 Å². The minimum absolute atomic E-state index is 0.00142. The Bertz CT molecular complexity index is 672. The maximum atomic E-state index is 5.75. The SMILES string of the molecule is CN=C(NCC1(c2cc(C)ccc2OC)CCOCC1)N1CC(C)CC(C)C1. The minimum atomic E-state index is -0.00142. The lowest BCUT2D eigenvalue weighted by Gasteiger charge is -2.41. The van der Waals surface area contributed by atoms with Crippen LogP contribution in [0.4, 0.5) is 0 Å². The number of methoxy groups -OCH3 is 1. The van der Waals surface area contributed by atoms with Crippen LogP contribution in [0.1, 0.15) is 44.2 Å². The Hall–Kier alpha value is -1.75. The number of rotatable bonds is 4. The molecule has 0 bridgehead atoms. The van der Waals surface area contributed by atoms with Crippen molar-refractivity contribution in [3.63, 3.8) is 0 Å². The molecule has 1 N–H and O–H groups in total. The van der Waals surface area contributed by atoms with E-state index in [0.717, 1.165) is 57.4 Å². The van der Waals surface area contributed by atoms with Gasteiger partial charge in [-0.25, -0.2) is 0 Å². The number of piperidine rings is 1. The van der Waals surface area contributed by atoms with E-state index in [1.807, 2.05) is 7.05 Å². The standard InChI is InChI=1S/C23H37N3O2/c1-17-6-7-21(27-5)20(13-17)23(8-10-28-11-9-23)16-25-22(24-4)26-14-18(2)12-19(3)15-26/h6-7,13,18-19H,8-12,14-16H2,1-5H3,(H,24,25). The summed E-state index contributed by atoms with van der Waals surface area (Å²) in [5.41, 5.74) is 2.56. The first-order valence-electron chi connectivity index (χ1n) is 10.7. The van der Waals surface area contributed by atoms with Gasteiger partial charge in [0.25, 0.3) is 0 Å². The molecule has 5 heteroatoms. The zero-order valence-electron chi connectivity index (χ0n) is 18.3. The van der Waals surface area contributed by atoms with Crippen LogP contribution >= 0.6 is 0 Å². The molecule has 2 fully saturated rings. The van der Waals surface area contributed by atoms with Crippen molar-refractivity contribution in [3.8, 4) is 5.75 Å². The molecule has 0 radical (unpaired) electrons. The molecule has 1 aromatic rings. The van der Waals surface area contributed by atoms with Crippen molar-refractivity contribution >= 4 is 5.96 Å². The van der Waals surface area contributed by atoms with E-state index in [-0.39, 0.29) is 5.41 Å². The van der Waals surface area contributed by atoms with Crippen LogP contribution in [0.2, 0.25) is 0 Å². The van der Waals surface area contributed by atoms with Crippen LogP contribution in [0.25, 0.3) is 0 Å². The van der Waals surface area contributed by atoms with Crippen LogP contribution in [0.5, 0.6) is 5.75 Å². The third-order valence-corrected chi connectivity index (χ3v) is 6.34. The molecular formula is C23H37N3O2. The molecule has 0 aliphatic carbocycles. The first-order chi connectivity index (χ1) is 13.5. The van der Waals surface area contributed by atoms with E-state index in [9.17, 15) is 0 Å². The summed E-state index contributed by atoms with van der Waals surface area (Å²) in [5, 5.41) is 3.72. The van der Waals surface area contributed by atoms with Gasteiger partial charge in [-0.2, -0.15) is 0 Å². The molecule has 2 heterocycles.